The molecule has 0 atom stereocenters. The highest BCUT2D eigenvalue weighted by atomic mass is 16.2. The lowest BCUT2D eigenvalue weighted by Crippen LogP contribution is -2.34. The highest BCUT2D eigenvalue weighted by Crippen LogP contribution is 2.07. The zero-order chi connectivity index (χ0) is 14.3. The quantitative estimate of drug-likeness (QED) is 0.837. The van der Waals surface area contributed by atoms with E-state index in [1.54, 1.807) is 6.20 Å². The summed E-state index contributed by atoms with van der Waals surface area (Å²) in [6, 6.07) is 8.09. The zero-order valence-corrected chi connectivity index (χ0v) is 12.3. The van der Waals surface area contributed by atoms with Crippen LogP contribution >= 0.6 is 0 Å². The predicted molar refractivity (Wildman–Crippen MR) is 80.0 cm³/mol. The standard InChI is InChI=1S/C16H24N2O/c1-12(2)14(4)11-18-16(19)17-10-9-15-8-6-5-7-13(15)3/h5-8,11-12H,9-10H2,1-4H3,(H2,17,18,19)/b14-11+. The van der Waals surface area contributed by atoms with Crippen LogP contribution in [0.25, 0.3) is 0 Å². The maximum atomic E-state index is 11.6. The molecular formula is C16H24N2O. The number of carbonyl (C=O) groups excluding carboxylic acids is 1. The van der Waals surface area contributed by atoms with E-state index >= 15 is 0 Å². The number of amides is 2. The number of hydrogen-bond donors (Lipinski definition) is 2. The minimum atomic E-state index is -0.145. The summed E-state index contributed by atoms with van der Waals surface area (Å²) < 4.78 is 0. The van der Waals surface area contributed by atoms with Gasteiger partial charge in [0.1, 0.15) is 0 Å². The molecule has 0 unspecified atom stereocenters. The van der Waals surface area contributed by atoms with E-state index in [1.165, 1.54) is 11.1 Å². The van der Waals surface area contributed by atoms with Gasteiger partial charge in [0, 0.05) is 12.7 Å². The first-order valence-electron chi connectivity index (χ1n) is 6.76. The van der Waals surface area contributed by atoms with Gasteiger partial charge >= 0.3 is 6.03 Å². The molecule has 104 valence electrons. The van der Waals surface area contributed by atoms with Crippen molar-refractivity contribution >= 4 is 6.03 Å². The Kier molecular flexibility index (Phi) is 6.13. The lowest BCUT2D eigenvalue weighted by Gasteiger charge is -2.09. The van der Waals surface area contributed by atoms with E-state index in [0.717, 1.165) is 12.0 Å². The van der Waals surface area contributed by atoms with Gasteiger partial charge in [-0.3, -0.25) is 0 Å². The van der Waals surface area contributed by atoms with Crippen LogP contribution in [-0.4, -0.2) is 12.6 Å². The zero-order valence-electron chi connectivity index (χ0n) is 12.3. The number of nitrogens with one attached hydrogen (secondary N) is 2. The molecule has 0 saturated carbocycles. The topological polar surface area (TPSA) is 41.1 Å². The predicted octanol–water partition coefficient (Wildman–Crippen LogP) is 3.40. The van der Waals surface area contributed by atoms with Crippen molar-refractivity contribution in [2.45, 2.75) is 34.1 Å². The maximum absolute atomic E-state index is 11.6. The average molecular weight is 260 g/mol. The number of hydrogen-bond acceptors (Lipinski definition) is 1. The summed E-state index contributed by atoms with van der Waals surface area (Å²) in [5.41, 5.74) is 3.70. The second-order valence-electron chi connectivity index (χ2n) is 5.12. The number of aryl methyl sites for hydroxylation is 1. The second-order valence-corrected chi connectivity index (χ2v) is 5.12. The minimum Gasteiger partial charge on any atom is -0.338 e. The molecule has 0 aromatic heterocycles. The van der Waals surface area contributed by atoms with Gasteiger partial charge in [0.2, 0.25) is 0 Å². The van der Waals surface area contributed by atoms with E-state index in [0.29, 0.717) is 12.5 Å². The van der Waals surface area contributed by atoms with Crippen molar-refractivity contribution in [1.29, 1.82) is 0 Å². The van der Waals surface area contributed by atoms with Gasteiger partial charge in [-0.2, -0.15) is 0 Å². The molecule has 1 aromatic carbocycles. The third kappa shape index (κ3) is 5.60. The molecule has 0 saturated heterocycles. The number of urea groups is 1. The lowest BCUT2D eigenvalue weighted by atomic mass is 10.1. The van der Waals surface area contributed by atoms with Crippen LogP contribution in [0.3, 0.4) is 0 Å². The first-order chi connectivity index (χ1) is 9.00. The van der Waals surface area contributed by atoms with Crippen molar-refractivity contribution in [3.8, 4) is 0 Å². The van der Waals surface area contributed by atoms with Crippen molar-refractivity contribution in [3.63, 3.8) is 0 Å². The molecule has 2 amide bonds. The Morgan fingerprint density at radius 1 is 1.32 bits per heavy atom. The van der Waals surface area contributed by atoms with Crippen LogP contribution in [-0.2, 0) is 6.42 Å². The van der Waals surface area contributed by atoms with Gasteiger partial charge in [-0.25, -0.2) is 4.79 Å². The average Bonchev–Trinajstić information content (AvgIpc) is 2.38. The van der Waals surface area contributed by atoms with Crippen molar-refractivity contribution < 1.29 is 4.79 Å². The largest absolute Gasteiger partial charge is 0.338 e. The Morgan fingerprint density at radius 2 is 2.00 bits per heavy atom. The molecule has 0 fully saturated rings. The Labute approximate surface area is 116 Å². The molecule has 2 N–H and O–H groups in total. The molecule has 1 rings (SSSR count). The summed E-state index contributed by atoms with van der Waals surface area (Å²) >= 11 is 0. The van der Waals surface area contributed by atoms with Crippen molar-refractivity contribution in [2.24, 2.45) is 5.92 Å². The van der Waals surface area contributed by atoms with E-state index in [1.807, 2.05) is 19.1 Å². The lowest BCUT2D eigenvalue weighted by molar-refractivity contribution is 0.244. The normalized spacial score (nSPS) is 11.5. The third-order valence-corrected chi connectivity index (χ3v) is 3.28. The Morgan fingerprint density at radius 3 is 2.63 bits per heavy atom. The van der Waals surface area contributed by atoms with Gasteiger partial charge in [0.15, 0.2) is 0 Å². The minimum absolute atomic E-state index is 0.145. The molecule has 1 aromatic rings. The smallest absolute Gasteiger partial charge is 0.318 e. The summed E-state index contributed by atoms with van der Waals surface area (Å²) in [6.45, 7) is 8.95. The van der Waals surface area contributed by atoms with Crippen LogP contribution in [0.4, 0.5) is 4.79 Å². The molecule has 0 radical (unpaired) electrons. The van der Waals surface area contributed by atoms with Crippen LogP contribution in [0.1, 0.15) is 31.9 Å². The molecule has 19 heavy (non-hydrogen) atoms. The Balaban J connectivity index is 2.32. The summed E-state index contributed by atoms with van der Waals surface area (Å²) in [4.78, 5) is 11.6. The van der Waals surface area contributed by atoms with E-state index in [4.69, 9.17) is 0 Å². The first-order valence-corrected chi connectivity index (χ1v) is 6.76. The highest BCUT2D eigenvalue weighted by Gasteiger charge is 2.01. The number of benzene rings is 1. The van der Waals surface area contributed by atoms with E-state index in [-0.39, 0.29) is 6.03 Å². The number of rotatable bonds is 5. The molecule has 3 heteroatoms. The van der Waals surface area contributed by atoms with Crippen molar-refractivity contribution in [2.75, 3.05) is 6.54 Å². The number of carbonyl (C=O) groups is 1. The SMILES string of the molecule is C/C(=C\NC(=O)NCCc1ccccc1C)C(C)C. The molecule has 0 spiro atoms. The Hall–Kier alpha value is -1.77. The van der Waals surface area contributed by atoms with Gasteiger partial charge in [0.05, 0.1) is 0 Å². The molecule has 0 aliphatic rings. The van der Waals surface area contributed by atoms with E-state index in [9.17, 15) is 4.79 Å². The van der Waals surface area contributed by atoms with E-state index < -0.39 is 0 Å². The van der Waals surface area contributed by atoms with E-state index in [2.05, 4.69) is 43.5 Å². The van der Waals surface area contributed by atoms with Crippen LogP contribution in [0, 0.1) is 12.8 Å². The molecule has 0 aliphatic carbocycles. The Bertz CT molecular complexity index is 450. The first kappa shape index (κ1) is 15.3. The fraction of sp³-hybridized carbons (Fsp3) is 0.438. The summed E-state index contributed by atoms with van der Waals surface area (Å²) in [5, 5.41) is 5.61. The molecule has 0 bridgehead atoms. The van der Waals surface area contributed by atoms with Gasteiger partial charge in [-0.1, -0.05) is 43.7 Å². The second kappa shape index (κ2) is 7.62. The van der Waals surface area contributed by atoms with Crippen LogP contribution < -0.4 is 10.6 Å². The van der Waals surface area contributed by atoms with Gasteiger partial charge < -0.3 is 10.6 Å². The van der Waals surface area contributed by atoms with Gasteiger partial charge in [-0.05, 0) is 37.3 Å². The molecule has 0 aliphatic heterocycles. The molecule has 0 heterocycles. The highest BCUT2D eigenvalue weighted by molar-refractivity contribution is 5.74. The van der Waals surface area contributed by atoms with Gasteiger partial charge in [0.25, 0.3) is 0 Å². The van der Waals surface area contributed by atoms with Crippen LogP contribution in [0.5, 0.6) is 0 Å². The number of allylic oxidation sites excluding steroid dienone is 1. The summed E-state index contributed by atoms with van der Waals surface area (Å²) in [7, 11) is 0. The van der Waals surface area contributed by atoms with Gasteiger partial charge in [-0.15, -0.1) is 0 Å². The molecular weight excluding hydrogens is 236 g/mol. The fourth-order valence-electron chi connectivity index (χ4n) is 1.60. The third-order valence-electron chi connectivity index (χ3n) is 3.28. The van der Waals surface area contributed by atoms with Crippen molar-refractivity contribution in [3.05, 3.63) is 47.2 Å². The summed E-state index contributed by atoms with van der Waals surface area (Å²) in [5.74, 6) is 0.451. The summed E-state index contributed by atoms with van der Waals surface area (Å²) in [6.07, 6.45) is 2.63. The fourth-order valence-corrected chi connectivity index (χ4v) is 1.60. The van der Waals surface area contributed by atoms with Crippen LogP contribution in [0.15, 0.2) is 36.0 Å². The van der Waals surface area contributed by atoms with Crippen LogP contribution in [0.2, 0.25) is 0 Å². The molecule has 3 nitrogen and oxygen atoms in total. The van der Waals surface area contributed by atoms with Crippen molar-refractivity contribution in [1.82, 2.24) is 10.6 Å². The maximum Gasteiger partial charge on any atom is 0.318 e. The monoisotopic (exact) mass is 260 g/mol.